The average molecular weight is 215 g/mol. The molecule has 0 spiro atoms. The minimum Gasteiger partial charge on any atom is -0.481 e. The van der Waals surface area contributed by atoms with Gasteiger partial charge < -0.3 is 10.5 Å². The summed E-state index contributed by atoms with van der Waals surface area (Å²) in [6.45, 7) is 0. The first-order valence-electron chi connectivity index (χ1n) is 4.96. The van der Waals surface area contributed by atoms with Crippen LogP contribution in [0.15, 0.2) is 42.9 Å². The van der Waals surface area contributed by atoms with E-state index < -0.39 is 0 Å². The van der Waals surface area contributed by atoms with Crippen LogP contribution >= 0.6 is 0 Å². The number of aromatic nitrogens is 2. The van der Waals surface area contributed by atoms with Gasteiger partial charge in [0.25, 0.3) is 0 Å². The predicted octanol–water partition coefficient (Wildman–Crippen LogP) is 1.53. The van der Waals surface area contributed by atoms with Crippen LogP contribution in [0.2, 0.25) is 0 Å². The number of nitrogens with zero attached hydrogens (tertiary/aromatic N) is 2. The second-order valence-electron chi connectivity index (χ2n) is 3.40. The Kier molecular flexibility index (Phi) is 3.12. The highest BCUT2D eigenvalue weighted by Crippen LogP contribution is 2.20. The van der Waals surface area contributed by atoms with E-state index in [2.05, 4.69) is 9.97 Å². The Labute approximate surface area is 94.1 Å². The molecule has 0 fully saturated rings. The molecule has 0 aliphatic heterocycles. The Hall–Kier alpha value is -1.94. The van der Waals surface area contributed by atoms with Crippen LogP contribution in [0, 0.1) is 0 Å². The zero-order chi connectivity index (χ0) is 11.4. The summed E-state index contributed by atoms with van der Waals surface area (Å²) in [7, 11) is 1.59. The summed E-state index contributed by atoms with van der Waals surface area (Å²) in [4.78, 5) is 8.09. The molecular weight excluding hydrogens is 202 g/mol. The van der Waals surface area contributed by atoms with E-state index in [-0.39, 0.29) is 6.04 Å². The second-order valence-corrected chi connectivity index (χ2v) is 3.40. The van der Waals surface area contributed by atoms with Gasteiger partial charge in [-0.25, -0.2) is 4.98 Å². The predicted molar refractivity (Wildman–Crippen MR) is 61.1 cm³/mol. The number of rotatable bonds is 3. The molecule has 0 saturated carbocycles. The van der Waals surface area contributed by atoms with Crippen molar-refractivity contribution < 1.29 is 4.74 Å². The SMILES string of the molecule is COc1cc(C(N)c2cccnc2)ccn1. The maximum atomic E-state index is 6.12. The first-order chi connectivity index (χ1) is 7.81. The molecule has 2 aromatic rings. The largest absolute Gasteiger partial charge is 0.481 e. The van der Waals surface area contributed by atoms with Crippen LogP contribution in [0.25, 0.3) is 0 Å². The molecule has 2 heterocycles. The van der Waals surface area contributed by atoms with Crippen molar-refractivity contribution in [1.82, 2.24) is 9.97 Å². The first-order valence-corrected chi connectivity index (χ1v) is 4.96. The minimum absolute atomic E-state index is 0.203. The van der Waals surface area contributed by atoms with Gasteiger partial charge >= 0.3 is 0 Å². The summed E-state index contributed by atoms with van der Waals surface area (Å²) in [5.74, 6) is 0.567. The third kappa shape index (κ3) is 2.17. The molecule has 0 aliphatic carbocycles. The van der Waals surface area contributed by atoms with E-state index in [9.17, 15) is 0 Å². The van der Waals surface area contributed by atoms with Crippen molar-refractivity contribution in [2.24, 2.45) is 5.73 Å². The lowest BCUT2D eigenvalue weighted by atomic mass is 10.0. The summed E-state index contributed by atoms with van der Waals surface area (Å²) in [6, 6.07) is 7.32. The molecule has 4 heteroatoms. The Morgan fingerprint density at radius 2 is 2.12 bits per heavy atom. The van der Waals surface area contributed by atoms with Crippen molar-refractivity contribution in [3.05, 3.63) is 54.0 Å². The van der Waals surface area contributed by atoms with E-state index in [0.29, 0.717) is 5.88 Å². The standard InChI is InChI=1S/C12H13N3O/c1-16-11-7-9(4-6-15-11)12(13)10-3-2-5-14-8-10/h2-8,12H,13H2,1H3. The third-order valence-electron chi connectivity index (χ3n) is 2.37. The number of nitrogens with two attached hydrogens (primary N) is 1. The highest BCUT2D eigenvalue weighted by Gasteiger charge is 2.09. The van der Waals surface area contributed by atoms with Crippen molar-refractivity contribution >= 4 is 0 Å². The Morgan fingerprint density at radius 1 is 1.25 bits per heavy atom. The maximum Gasteiger partial charge on any atom is 0.213 e. The summed E-state index contributed by atoms with van der Waals surface area (Å²) in [5.41, 5.74) is 8.04. The number of hydrogen-bond acceptors (Lipinski definition) is 4. The molecule has 2 rings (SSSR count). The van der Waals surface area contributed by atoms with Crippen LogP contribution in [-0.4, -0.2) is 17.1 Å². The van der Waals surface area contributed by atoms with Gasteiger partial charge in [-0.05, 0) is 23.3 Å². The van der Waals surface area contributed by atoms with E-state index >= 15 is 0 Å². The van der Waals surface area contributed by atoms with Gasteiger partial charge in [-0.1, -0.05) is 6.07 Å². The molecule has 1 atom stereocenters. The number of hydrogen-bond donors (Lipinski definition) is 1. The molecule has 4 nitrogen and oxygen atoms in total. The summed E-state index contributed by atoms with van der Waals surface area (Å²) in [6.07, 6.45) is 5.17. The van der Waals surface area contributed by atoms with E-state index in [1.54, 1.807) is 25.7 Å². The van der Waals surface area contributed by atoms with Gasteiger partial charge in [0.15, 0.2) is 0 Å². The van der Waals surface area contributed by atoms with Crippen molar-refractivity contribution in [2.45, 2.75) is 6.04 Å². The first kappa shape index (κ1) is 10.6. The van der Waals surface area contributed by atoms with E-state index in [0.717, 1.165) is 11.1 Å². The normalized spacial score (nSPS) is 12.1. The van der Waals surface area contributed by atoms with Crippen molar-refractivity contribution in [1.29, 1.82) is 0 Å². The summed E-state index contributed by atoms with van der Waals surface area (Å²) >= 11 is 0. The van der Waals surface area contributed by atoms with Crippen LogP contribution in [0.1, 0.15) is 17.2 Å². The van der Waals surface area contributed by atoms with Gasteiger partial charge in [0.1, 0.15) is 0 Å². The second kappa shape index (κ2) is 4.72. The molecular formula is C12H13N3O. The van der Waals surface area contributed by atoms with Crippen LogP contribution in [0.4, 0.5) is 0 Å². The smallest absolute Gasteiger partial charge is 0.213 e. The monoisotopic (exact) mass is 215 g/mol. The molecule has 82 valence electrons. The zero-order valence-electron chi connectivity index (χ0n) is 9.00. The van der Waals surface area contributed by atoms with Crippen LogP contribution < -0.4 is 10.5 Å². The molecule has 0 amide bonds. The molecule has 2 N–H and O–H groups in total. The molecule has 2 aromatic heterocycles. The van der Waals surface area contributed by atoms with Gasteiger partial charge in [-0.15, -0.1) is 0 Å². The molecule has 0 aliphatic rings. The summed E-state index contributed by atoms with van der Waals surface area (Å²) < 4.78 is 5.06. The fourth-order valence-corrected chi connectivity index (χ4v) is 1.48. The van der Waals surface area contributed by atoms with Crippen molar-refractivity contribution in [3.8, 4) is 5.88 Å². The number of ether oxygens (including phenoxy) is 1. The van der Waals surface area contributed by atoms with Crippen molar-refractivity contribution in [2.75, 3.05) is 7.11 Å². The molecule has 0 bridgehead atoms. The van der Waals surface area contributed by atoms with Gasteiger partial charge in [-0.3, -0.25) is 4.98 Å². The van der Waals surface area contributed by atoms with Crippen molar-refractivity contribution in [3.63, 3.8) is 0 Å². The molecule has 16 heavy (non-hydrogen) atoms. The van der Waals surface area contributed by atoms with Gasteiger partial charge in [0.05, 0.1) is 13.2 Å². The fraction of sp³-hybridized carbons (Fsp3) is 0.167. The molecule has 1 unspecified atom stereocenters. The molecule has 0 saturated heterocycles. The van der Waals surface area contributed by atoms with Crippen LogP contribution in [0.5, 0.6) is 5.88 Å². The lowest BCUT2D eigenvalue weighted by molar-refractivity contribution is 0.397. The van der Waals surface area contributed by atoms with Gasteiger partial charge in [-0.2, -0.15) is 0 Å². The molecule has 0 aromatic carbocycles. The van der Waals surface area contributed by atoms with Crippen LogP contribution in [0.3, 0.4) is 0 Å². The topological polar surface area (TPSA) is 61.0 Å². The fourth-order valence-electron chi connectivity index (χ4n) is 1.48. The average Bonchev–Trinajstić information content (AvgIpc) is 2.39. The lowest BCUT2D eigenvalue weighted by Crippen LogP contribution is -2.12. The quantitative estimate of drug-likeness (QED) is 0.843. The summed E-state index contributed by atoms with van der Waals surface area (Å²) in [5, 5.41) is 0. The van der Waals surface area contributed by atoms with E-state index in [1.165, 1.54) is 0 Å². The highest BCUT2D eigenvalue weighted by molar-refractivity contribution is 5.31. The molecule has 0 radical (unpaired) electrons. The lowest BCUT2D eigenvalue weighted by Gasteiger charge is -2.12. The van der Waals surface area contributed by atoms with E-state index in [1.807, 2.05) is 24.3 Å². The van der Waals surface area contributed by atoms with E-state index in [4.69, 9.17) is 10.5 Å². The number of pyridine rings is 2. The van der Waals surface area contributed by atoms with Crippen LogP contribution in [-0.2, 0) is 0 Å². The Balaban J connectivity index is 2.30. The Bertz CT molecular complexity index is 459. The third-order valence-corrected chi connectivity index (χ3v) is 2.37. The van der Waals surface area contributed by atoms with Gasteiger partial charge in [0, 0.05) is 24.7 Å². The zero-order valence-corrected chi connectivity index (χ0v) is 9.00. The van der Waals surface area contributed by atoms with Gasteiger partial charge in [0.2, 0.25) is 5.88 Å². The Morgan fingerprint density at radius 3 is 2.81 bits per heavy atom. The maximum absolute atomic E-state index is 6.12. The minimum atomic E-state index is -0.203. The number of methoxy groups -OCH3 is 1. The highest BCUT2D eigenvalue weighted by atomic mass is 16.5.